The molecule has 0 aromatic carbocycles. The Balaban J connectivity index is 1.44. The highest BCUT2D eigenvalue weighted by molar-refractivity contribution is 5.25. The molecule has 0 spiro atoms. The minimum absolute atomic E-state index is 0.0774. The summed E-state index contributed by atoms with van der Waals surface area (Å²) < 4.78 is 0. The lowest BCUT2D eigenvalue weighted by Gasteiger charge is -2.58. The summed E-state index contributed by atoms with van der Waals surface area (Å²) in [6.07, 6.45) is 20.0. The van der Waals surface area contributed by atoms with Crippen LogP contribution in [-0.4, -0.2) is 11.2 Å². The third-order valence-electron chi connectivity index (χ3n) is 11.3. The van der Waals surface area contributed by atoms with Gasteiger partial charge in [0, 0.05) is 0 Å². The van der Waals surface area contributed by atoms with Crippen molar-refractivity contribution in [1.82, 2.24) is 0 Å². The van der Waals surface area contributed by atoms with Crippen molar-refractivity contribution in [3.63, 3.8) is 0 Å². The smallest absolute Gasteiger partial charge is 0.0577 e. The topological polar surface area (TPSA) is 20.2 Å². The average Bonchev–Trinajstić information content (AvgIpc) is 3.09. The van der Waals surface area contributed by atoms with E-state index in [2.05, 4.69) is 40.7 Å². The molecule has 8 unspecified atom stereocenters. The van der Waals surface area contributed by atoms with Crippen molar-refractivity contribution in [2.24, 2.45) is 46.3 Å². The van der Waals surface area contributed by atoms with Crippen molar-refractivity contribution in [3.05, 3.63) is 11.6 Å². The van der Waals surface area contributed by atoms with Gasteiger partial charge < -0.3 is 5.11 Å². The third-order valence-corrected chi connectivity index (χ3v) is 11.3. The number of rotatable bonds is 7. The van der Waals surface area contributed by atoms with Crippen molar-refractivity contribution in [2.75, 3.05) is 0 Å². The van der Waals surface area contributed by atoms with E-state index in [0.717, 1.165) is 48.3 Å². The van der Waals surface area contributed by atoms with Crippen LogP contribution < -0.4 is 0 Å². The van der Waals surface area contributed by atoms with Crippen LogP contribution in [0.25, 0.3) is 0 Å². The number of aliphatic hydroxyl groups is 1. The van der Waals surface area contributed by atoms with Gasteiger partial charge in [-0.25, -0.2) is 0 Å². The minimum Gasteiger partial charge on any atom is -0.393 e. The quantitative estimate of drug-likeness (QED) is 0.416. The first-order chi connectivity index (χ1) is 14.3. The zero-order chi connectivity index (χ0) is 21.5. The van der Waals surface area contributed by atoms with Crippen molar-refractivity contribution in [1.29, 1.82) is 0 Å². The van der Waals surface area contributed by atoms with E-state index < -0.39 is 0 Å². The maximum absolute atomic E-state index is 10.2. The Labute approximate surface area is 187 Å². The lowest BCUT2D eigenvalue weighted by molar-refractivity contribution is -0.0573. The first kappa shape index (κ1) is 22.9. The van der Waals surface area contributed by atoms with Crippen LogP contribution in [0.4, 0.5) is 0 Å². The van der Waals surface area contributed by atoms with Gasteiger partial charge in [-0.1, -0.05) is 78.4 Å². The van der Waals surface area contributed by atoms with Gasteiger partial charge in [0.05, 0.1) is 6.10 Å². The van der Waals surface area contributed by atoms with Crippen LogP contribution in [0.1, 0.15) is 118 Å². The molecule has 0 aromatic rings. The molecule has 4 rings (SSSR count). The van der Waals surface area contributed by atoms with Crippen LogP contribution >= 0.6 is 0 Å². The first-order valence-corrected chi connectivity index (χ1v) is 13.7. The zero-order valence-electron chi connectivity index (χ0n) is 20.8. The molecule has 1 heteroatoms. The molecule has 0 radical (unpaired) electrons. The number of aliphatic hydroxyl groups excluding tert-OH is 1. The van der Waals surface area contributed by atoms with Crippen molar-refractivity contribution < 1.29 is 5.11 Å². The summed E-state index contributed by atoms with van der Waals surface area (Å²) in [7, 11) is 0. The summed E-state index contributed by atoms with van der Waals surface area (Å²) >= 11 is 0. The highest BCUT2D eigenvalue weighted by Gasteiger charge is 2.59. The average molecular weight is 415 g/mol. The molecule has 0 aromatic heterocycles. The fourth-order valence-electron chi connectivity index (χ4n) is 9.24. The highest BCUT2D eigenvalue weighted by atomic mass is 16.3. The monoisotopic (exact) mass is 414 g/mol. The predicted octanol–water partition coefficient (Wildman–Crippen LogP) is 8.17. The van der Waals surface area contributed by atoms with Gasteiger partial charge in [-0.2, -0.15) is 0 Å². The molecule has 1 nitrogen and oxygen atoms in total. The molecule has 0 amide bonds. The molecule has 0 bridgehead atoms. The van der Waals surface area contributed by atoms with Gasteiger partial charge in [-0.15, -0.1) is 0 Å². The summed E-state index contributed by atoms with van der Waals surface area (Å²) in [6.45, 7) is 12.6. The number of hydrogen-bond acceptors (Lipinski definition) is 1. The summed E-state index contributed by atoms with van der Waals surface area (Å²) in [5, 5.41) is 10.2. The molecule has 0 aliphatic heterocycles. The van der Waals surface area contributed by atoms with Gasteiger partial charge in [-0.05, 0) is 97.7 Å². The molecule has 4 aliphatic rings. The van der Waals surface area contributed by atoms with E-state index in [4.69, 9.17) is 0 Å². The Hall–Kier alpha value is -0.300. The van der Waals surface area contributed by atoms with Gasteiger partial charge in [0.1, 0.15) is 0 Å². The van der Waals surface area contributed by atoms with Gasteiger partial charge >= 0.3 is 0 Å². The molecule has 3 saturated carbocycles. The van der Waals surface area contributed by atoms with E-state index in [1.165, 1.54) is 70.6 Å². The molecular formula is C29H50O. The van der Waals surface area contributed by atoms with Crippen molar-refractivity contribution in [3.8, 4) is 0 Å². The van der Waals surface area contributed by atoms with Crippen LogP contribution in [0.5, 0.6) is 0 Å². The van der Waals surface area contributed by atoms with Crippen molar-refractivity contribution >= 4 is 0 Å². The molecule has 30 heavy (non-hydrogen) atoms. The summed E-state index contributed by atoms with van der Waals surface area (Å²) in [4.78, 5) is 0. The van der Waals surface area contributed by atoms with Gasteiger partial charge in [0.25, 0.3) is 0 Å². The molecule has 0 saturated heterocycles. The largest absolute Gasteiger partial charge is 0.393 e. The van der Waals surface area contributed by atoms with Crippen molar-refractivity contribution in [2.45, 2.75) is 124 Å². The van der Waals surface area contributed by atoms with Gasteiger partial charge in [0.15, 0.2) is 0 Å². The van der Waals surface area contributed by atoms with Crippen LogP contribution in [0.15, 0.2) is 11.6 Å². The van der Waals surface area contributed by atoms with E-state index in [-0.39, 0.29) is 6.10 Å². The van der Waals surface area contributed by atoms with E-state index in [9.17, 15) is 5.11 Å². The highest BCUT2D eigenvalue weighted by Crippen LogP contribution is 2.67. The summed E-state index contributed by atoms with van der Waals surface area (Å²) in [6, 6.07) is 0. The zero-order valence-corrected chi connectivity index (χ0v) is 20.8. The Morgan fingerprint density at radius 3 is 2.50 bits per heavy atom. The van der Waals surface area contributed by atoms with Gasteiger partial charge in [0.2, 0.25) is 0 Å². The first-order valence-electron chi connectivity index (χ1n) is 13.7. The molecule has 3 fully saturated rings. The fraction of sp³-hybridized carbons (Fsp3) is 0.931. The predicted molar refractivity (Wildman–Crippen MR) is 128 cm³/mol. The molecule has 4 aliphatic carbocycles. The maximum Gasteiger partial charge on any atom is 0.0577 e. The summed E-state index contributed by atoms with van der Waals surface area (Å²) in [5.41, 5.74) is 2.60. The normalized spacial score (nSPS) is 44.2. The standard InChI is InChI=1S/C29H50O/c1-6-21(7-2)10-8-9-20(3)25-13-14-26-24-12-11-22-19-23(30)15-17-28(22,4)27(24)16-18-29(25,26)5/h11,20-21,23-27,30H,6-10,12-19H2,1-5H3. The molecule has 172 valence electrons. The van der Waals surface area contributed by atoms with Crippen LogP contribution in [-0.2, 0) is 0 Å². The second kappa shape index (κ2) is 8.92. The van der Waals surface area contributed by atoms with Crippen LogP contribution in [0, 0.1) is 46.3 Å². The number of fused-ring (bicyclic) bond motifs is 5. The molecular weight excluding hydrogens is 364 g/mol. The molecule has 1 N–H and O–H groups in total. The van der Waals surface area contributed by atoms with Gasteiger partial charge in [-0.3, -0.25) is 0 Å². The van der Waals surface area contributed by atoms with E-state index in [0.29, 0.717) is 10.8 Å². The lowest BCUT2D eigenvalue weighted by atomic mass is 9.47. The second-order valence-corrected chi connectivity index (χ2v) is 12.5. The molecule has 0 heterocycles. The Morgan fingerprint density at radius 2 is 1.77 bits per heavy atom. The SMILES string of the molecule is CCC(CC)CCCC(C)C1CCC2C3CC=C4CC(O)CCC4(C)C3CCC12C. The van der Waals surface area contributed by atoms with E-state index in [1.54, 1.807) is 5.57 Å². The van der Waals surface area contributed by atoms with E-state index in [1.807, 2.05) is 0 Å². The Kier molecular flexibility index (Phi) is 6.80. The Bertz CT molecular complexity index is 618. The van der Waals surface area contributed by atoms with Crippen LogP contribution in [0.3, 0.4) is 0 Å². The summed E-state index contributed by atoms with van der Waals surface area (Å²) in [5.74, 6) is 5.56. The molecule has 8 atom stereocenters. The van der Waals surface area contributed by atoms with Crippen LogP contribution in [0.2, 0.25) is 0 Å². The lowest BCUT2D eigenvalue weighted by Crippen LogP contribution is -2.50. The minimum atomic E-state index is -0.0774. The number of allylic oxidation sites excluding steroid dienone is 1. The number of hydrogen-bond donors (Lipinski definition) is 1. The second-order valence-electron chi connectivity index (χ2n) is 12.5. The maximum atomic E-state index is 10.2. The Morgan fingerprint density at radius 1 is 1.00 bits per heavy atom. The van der Waals surface area contributed by atoms with E-state index >= 15 is 0 Å². The third kappa shape index (κ3) is 3.84. The fourth-order valence-corrected chi connectivity index (χ4v) is 9.24.